The smallest absolute Gasteiger partial charge is 0.231 e. The average Bonchev–Trinajstić information content (AvgIpc) is 3.45. The Morgan fingerprint density at radius 1 is 0.938 bits per heavy atom. The average molecular weight is 444 g/mol. The fraction of sp³-hybridized carbons (Fsp3) is 0.208. The van der Waals surface area contributed by atoms with Crippen molar-refractivity contribution in [3.8, 4) is 16.5 Å². The lowest BCUT2D eigenvalue weighted by Gasteiger charge is -2.11. The lowest BCUT2D eigenvalue weighted by Crippen LogP contribution is -2.07. The molecule has 8 heteroatoms. The van der Waals surface area contributed by atoms with E-state index in [0.717, 1.165) is 50.8 Å². The molecule has 0 spiro atoms. The number of fused-ring (bicyclic) bond motifs is 4. The van der Waals surface area contributed by atoms with Gasteiger partial charge in [-0.2, -0.15) is 0 Å². The summed E-state index contributed by atoms with van der Waals surface area (Å²) < 4.78 is 13.0. The normalized spacial score (nSPS) is 13.9. The second-order valence-corrected chi connectivity index (χ2v) is 9.10. The van der Waals surface area contributed by atoms with E-state index >= 15 is 0 Å². The van der Waals surface area contributed by atoms with Crippen LogP contribution in [0.2, 0.25) is 0 Å². The molecule has 2 aromatic carbocycles. The molecule has 6 rings (SSSR count). The first kappa shape index (κ1) is 19.1. The highest BCUT2D eigenvalue weighted by Crippen LogP contribution is 2.37. The molecular weight excluding hydrogens is 422 g/mol. The van der Waals surface area contributed by atoms with Gasteiger partial charge in [0.1, 0.15) is 17.4 Å². The third-order valence-electron chi connectivity index (χ3n) is 5.90. The molecule has 0 saturated carbocycles. The summed E-state index contributed by atoms with van der Waals surface area (Å²) in [5.74, 6) is 3.31. The number of aliphatic imine (C=N–C) groups is 1. The Bertz CT molecular complexity index is 1380. The molecule has 0 amide bonds. The molecule has 0 unspecified atom stereocenters. The van der Waals surface area contributed by atoms with E-state index in [1.54, 1.807) is 11.3 Å². The van der Waals surface area contributed by atoms with Crippen molar-refractivity contribution in [3.63, 3.8) is 0 Å². The number of anilines is 2. The van der Waals surface area contributed by atoms with Gasteiger partial charge in [-0.1, -0.05) is 12.1 Å². The first-order valence-corrected chi connectivity index (χ1v) is 11.2. The minimum atomic E-state index is 0.272. The van der Waals surface area contributed by atoms with Gasteiger partial charge in [0, 0.05) is 33.4 Å². The molecule has 32 heavy (non-hydrogen) atoms. The zero-order valence-electron chi connectivity index (χ0n) is 18.0. The maximum absolute atomic E-state index is 5.47. The zero-order chi connectivity index (χ0) is 21.8. The molecule has 0 saturated heterocycles. The van der Waals surface area contributed by atoms with Crippen LogP contribution in [0, 0.1) is 20.8 Å². The fourth-order valence-corrected chi connectivity index (χ4v) is 5.36. The molecule has 7 nitrogen and oxygen atoms in total. The molecule has 1 N–H and O–H groups in total. The first-order chi connectivity index (χ1) is 15.6. The summed E-state index contributed by atoms with van der Waals surface area (Å²) in [6.07, 6.45) is 0. The number of hydrogen-bond acceptors (Lipinski definition) is 7. The third-order valence-corrected chi connectivity index (χ3v) is 7.09. The van der Waals surface area contributed by atoms with Gasteiger partial charge in [0.15, 0.2) is 17.3 Å². The van der Waals surface area contributed by atoms with Crippen molar-refractivity contribution in [2.75, 3.05) is 12.1 Å². The van der Waals surface area contributed by atoms with Gasteiger partial charge in [-0.15, -0.1) is 21.5 Å². The SMILES string of the molecule is Cc1sc2c(c1C)C(c1ccc(Nc3ccc4c(c3)OCO4)cc1)=NCc1nnc(C)n1-2. The largest absolute Gasteiger partial charge is 0.454 e. The van der Waals surface area contributed by atoms with Crippen LogP contribution < -0.4 is 14.8 Å². The van der Waals surface area contributed by atoms with Crippen LogP contribution in [0.15, 0.2) is 47.5 Å². The highest BCUT2D eigenvalue weighted by Gasteiger charge is 2.26. The Morgan fingerprint density at radius 2 is 1.72 bits per heavy atom. The van der Waals surface area contributed by atoms with Gasteiger partial charge in [0.05, 0.1) is 5.71 Å². The van der Waals surface area contributed by atoms with Gasteiger partial charge in [-0.3, -0.25) is 9.56 Å². The molecule has 160 valence electrons. The van der Waals surface area contributed by atoms with E-state index in [4.69, 9.17) is 14.5 Å². The van der Waals surface area contributed by atoms with E-state index in [-0.39, 0.29) is 6.79 Å². The number of hydrogen-bond donors (Lipinski definition) is 1. The van der Waals surface area contributed by atoms with E-state index in [1.165, 1.54) is 16.0 Å². The quantitative estimate of drug-likeness (QED) is 0.478. The van der Waals surface area contributed by atoms with Crippen molar-refractivity contribution in [1.29, 1.82) is 0 Å². The number of benzene rings is 2. The van der Waals surface area contributed by atoms with E-state index in [2.05, 4.69) is 58.2 Å². The summed E-state index contributed by atoms with van der Waals surface area (Å²) in [5, 5.41) is 13.2. The predicted molar refractivity (Wildman–Crippen MR) is 125 cm³/mol. The molecule has 4 heterocycles. The topological polar surface area (TPSA) is 73.6 Å². The Labute approximate surface area is 189 Å². The van der Waals surface area contributed by atoms with Crippen molar-refractivity contribution in [2.45, 2.75) is 27.3 Å². The molecule has 0 bridgehead atoms. The van der Waals surface area contributed by atoms with Crippen LogP contribution in [0.25, 0.3) is 5.00 Å². The second-order valence-electron chi connectivity index (χ2n) is 7.90. The minimum Gasteiger partial charge on any atom is -0.454 e. The Kier molecular flexibility index (Phi) is 4.29. The van der Waals surface area contributed by atoms with Gasteiger partial charge in [0.2, 0.25) is 6.79 Å². The van der Waals surface area contributed by atoms with Crippen LogP contribution in [0.3, 0.4) is 0 Å². The number of rotatable bonds is 3. The Balaban J connectivity index is 1.34. The fourth-order valence-electron chi connectivity index (χ4n) is 4.13. The van der Waals surface area contributed by atoms with E-state index in [0.29, 0.717) is 6.54 Å². The van der Waals surface area contributed by atoms with Gasteiger partial charge in [-0.25, -0.2) is 0 Å². The zero-order valence-corrected chi connectivity index (χ0v) is 18.8. The van der Waals surface area contributed by atoms with Crippen molar-refractivity contribution >= 4 is 28.4 Å². The summed E-state index contributed by atoms with van der Waals surface area (Å²) in [4.78, 5) is 6.25. The summed E-state index contributed by atoms with van der Waals surface area (Å²) in [6, 6.07) is 14.2. The molecule has 4 aromatic rings. The monoisotopic (exact) mass is 443 g/mol. The third kappa shape index (κ3) is 2.98. The first-order valence-electron chi connectivity index (χ1n) is 10.4. The van der Waals surface area contributed by atoms with E-state index in [9.17, 15) is 0 Å². The number of thiophene rings is 1. The lowest BCUT2D eigenvalue weighted by molar-refractivity contribution is 0.174. The number of aryl methyl sites for hydroxylation is 2. The van der Waals surface area contributed by atoms with E-state index in [1.807, 2.05) is 25.1 Å². The van der Waals surface area contributed by atoms with Gasteiger partial charge < -0.3 is 14.8 Å². The molecule has 0 atom stereocenters. The van der Waals surface area contributed by atoms with Crippen molar-refractivity contribution in [1.82, 2.24) is 14.8 Å². The Hall–Kier alpha value is -3.65. The second kappa shape index (κ2) is 7.20. The van der Waals surface area contributed by atoms with E-state index < -0.39 is 0 Å². The molecule has 0 aliphatic carbocycles. The molecule has 2 aliphatic heterocycles. The standard InChI is InChI=1S/C24H21N5O2S/c1-13-14(2)32-24-22(13)23(25-11-21-28-27-15(3)29(21)24)16-4-6-17(7-5-16)26-18-8-9-19-20(10-18)31-12-30-19/h4-10,26H,11-12H2,1-3H3. The van der Waals surface area contributed by atoms with Gasteiger partial charge in [0.25, 0.3) is 0 Å². The van der Waals surface area contributed by atoms with Crippen LogP contribution >= 0.6 is 11.3 Å². The van der Waals surface area contributed by atoms with Gasteiger partial charge in [-0.05, 0) is 50.6 Å². The van der Waals surface area contributed by atoms with Crippen LogP contribution in [0.1, 0.15) is 33.2 Å². The number of nitrogens with one attached hydrogen (secondary N) is 1. The maximum atomic E-state index is 5.47. The number of ether oxygens (including phenoxy) is 2. The minimum absolute atomic E-state index is 0.272. The van der Waals surface area contributed by atoms with Crippen molar-refractivity contribution in [2.24, 2.45) is 4.99 Å². The lowest BCUT2D eigenvalue weighted by atomic mass is 9.99. The van der Waals surface area contributed by atoms with Crippen molar-refractivity contribution < 1.29 is 9.47 Å². The number of aromatic nitrogens is 3. The van der Waals surface area contributed by atoms with Gasteiger partial charge >= 0.3 is 0 Å². The molecule has 0 fully saturated rings. The summed E-state index contributed by atoms with van der Waals surface area (Å²) in [7, 11) is 0. The van der Waals surface area contributed by atoms with Crippen LogP contribution in [-0.2, 0) is 6.54 Å². The van der Waals surface area contributed by atoms with Crippen LogP contribution in [0.5, 0.6) is 11.5 Å². The molecule has 0 radical (unpaired) electrons. The Morgan fingerprint density at radius 3 is 2.56 bits per heavy atom. The highest BCUT2D eigenvalue weighted by molar-refractivity contribution is 7.15. The summed E-state index contributed by atoms with van der Waals surface area (Å²) in [5.41, 5.74) is 6.46. The summed E-state index contributed by atoms with van der Waals surface area (Å²) in [6.45, 7) is 7.10. The number of nitrogens with zero attached hydrogens (tertiary/aromatic N) is 4. The van der Waals surface area contributed by atoms with Crippen LogP contribution in [-0.4, -0.2) is 27.3 Å². The van der Waals surface area contributed by atoms with Crippen molar-refractivity contribution in [3.05, 3.63) is 75.7 Å². The molecule has 2 aromatic heterocycles. The summed E-state index contributed by atoms with van der Waals surface area (Å²) >= 11 is 1.77. The van der Waals surface area contributed by atoms with Crippen LogP contribution in [0.4, 0.5) is 11.4 Å². The predicted octanol–water partition coefficient (Wildman–Crippen LogP) is 5.08. The highest BCUT2D eigenvalue weighted by atomic mass is 32.1. The molecule has 2 aliphatic rings. The molecular formula is C24H21N5O2S. The maximum Gasteiger partial charge on any atom is 0.231 e.